The SMILES string of the molecule is CN1CCC(CN(C(=O)O)c2ccccc2-c2cccc(N)c2)C1. The van der Waals surface area contributed by atoms with Crippen LogP contribution in [0.25, 0.3) is 11.1 Å². The molecule has 3 N–H and O–H groups in total. The van der Waals surface area contributed by atoms with Crippen LogP contribution in [0.3, 0.4) is 0 Å². The molecule has 24 heavy (non-hydrogen) atoms. The molecule has 1 atom stereocenters. The highest BCUT2D eigenvalue weighted by atomic mass is 16.4. The summed E-state index contributed by atoms with van der Waals surface area (Å²) in [5, 5.41) is 9.77. The van der Waals surface area contributed by atoms with Crippen molar-refractivity contribution in [2.24, 2.45) is 5.92 Å². The minimum atomic E-state index is -0.916. The monoisotopic (exact) mass is 325 g/mol. The second-order valence-electron chi connectivity index (χ2n) is 6.45. The fourth-order valence-corrected chi connectivity index (χ4v) is 3.37. The number of hydrogen-bond acceptors (Lipinski definition) is 3. The highest BCUT2D eigenvalue weighted by Crippen LogP contribution is 2.33. The molecule has 1 aliphatic heterocycles. The molecule has 0 saturated carbocycles. The number of carbonyl (C=O) groups is 1. The van der Waals surface area contributed by atoms with Crippen LogP contribution in [-0.4, -0.2) is 42.8 Å². The molecule has 1 amide bonds. The molecular weight excluding hydrogens is 302 g/mol. The van der Waals surface area contributed by atoms with E-state index in [1.807, 2.05) is 48.5 Å². The Morgan fingerprint density at radius 3 is 2.75 bits per heavy atom. The van der Waals surface area contributed by atoms with E-state index in [9.17, 15) is 9.90 Å². The van der Waals surface area contributed by atoms with Crippen molar-refractivity contribution in [1.82, 2.24) is 4.90 Å². The Morgan fingerprint density at radius 2 is 2.08 bits per heavy atom. The molecule has 2 aromatic carbocycles. The van der Waals surface area contributed by atoms with Gasteiger partial charge in [-0.05, 0) is 49.7 Å². The number of hydrogen-bond donors (Lipinski definition) is 2. The zero-order valence-corrected chi connectivity index (χ0v) is 13.9. The maximum Gasteiger partial charge on any atom is 0.411 e. The number of benzene rings is 2. The van der Waals surface area contributed by atoms with Crippen LogP contribution in [0.5, 0.6) is 0 Å². The van der Waals surface area contributed by atoms with Gasteiger partial charge in [-0.15, -0.1) is 0 Å². The average Bonchev–Trinajstić information content (AvgIpc) is 2.97. The lowest BCUT2D eigenvalue weighted by molar-refractivity contribution is 0.200. The number of carboxylic acid groups (broad SMARTS) is 1. The van der Waals surface area contributed by atoms with Crippen molar-refractivity contribution in [2.45, 2.75) is 6.42 Å². The molecule has 1 aliphatic rings. The van der Waals surface area contributed by atoms with Crippen molar-refractivity contribution >= 4 is 17.5 Å². The lowest BCUT2D eigenvalue weighted by Gasteiger charge is -2.25. The van der Waals surface area contributed by atoms with Gasteiger partial charge in [0.1, 0.15) is 0 Å². The van der Waals surface area contributed by atoms with Gasteiger partial charge < -0.3 is 15.7 Å². The number of likely N-dealkylation sites (tertiary alicyclic amines) is 1. The summed E-state index contributed by atoms with van der Waals surface area (Å²) in [5.74, 6) is 0.361. The van der Waals surface area contributed by atoms with Crippen molar-refractivity contribution in [2.75, 3.05) is 37.3 Å². The first-order chi connectivity index (χ1) is 11.5. The molecule has 1 unspecified atom stereocenters. The molecule has 3 rings (SSSR count). The Hall–Kier alpha value is -2.53. The standard InChI is InChI=1S/C19H23N3O2/c1-21-10-9-14(12-21)13-22(19(23)24)18-8-3-2-7-17(18)15-5-4-6-16(20)11-15/h2-8,11,14H,9-10,12-13,20H2,1H3,(H,23,24). The van der Waals surface area contributed by atoms with Gasteiger partial charge in [-0.25, -0.2) is 4.79 Å². The molecule has 2 aromatic rings. The Labute approximate surface area is 142 Å². The fraction of sp³-hybridized carbons (Fsp3) is 0.316. The molecule has 5 nitrogen and oxygen atoms in total. The number of nitrogens with two attached hydrogens (primary N) is 1. The Bertz CT molecular complexity index is 732. The quantitative estimate of drug-likeness (QED) is 0.846. The molecule has 1 saturated heterocycles. The minimum absolute atomic E-state index is 0.361. The van der Waals surface area contributed by atoms with E-state index < -0.39 is 6.09 Å². The maximum absolute atomic E-state index is 11.9. The topological polar surface area (TPSA) is 69.8 Å². The van der Waals surface area contributed by atoms with Crippen LogP contribution in [-0.2, 0) is 0 Å². The molecule has 0 radical (unpaired) electrons. The van der Waals surface area contributed by atoms with Gasteiger partial charge in [0.2, 0.25) is 0 Å². The van der Waals surface area contributed by atoms with E-state index in [0.29, 0.717) is 23.8 Å². The van der Waals surface area contributed by atoms with Gasteiger partial charge in [-0.3, -0.25) is 4.90 Å². The van der Waals surface area contributed by atoms with Crippen molar-refractivity contribution in [1.29, 1.82) is 0 Å². The van der Waals surface area contributed by atoms with Crippen LogP contribution in [0.4, 0.5) is 16.2 Å². The summed E-state index contributed by atoms with van der Waals surface area (Å²) in [5.41, 5.74) is 9.09. The molecule has 5 heteroatoms. The van der Waals surface area contributed by atoms with Crippen LogP contribution in [0.15, 0.2) is 48.5 Å². The Balaban J connectivity index is 1.95. The highest BCUT2D eigenvalue weighted by Gasteiger charge is 2.26. The highest BCUT2D eigenvalue weighted by molar-refractivity contribution is 5.93. The predicted molar refractivity (Wildman–Crippen MR) is 97.3 cm³/mol. The largest absolute Gasteiger partial charge is 0.465 e. The molecule has 126 valence electrons. The minimum Gasteiger partial charge on any atom is -0.465 e. The summed E-state index contributed by atoms with van der Waals surface area (Å²) in [6.45, 7) is 2.47. The summed E-state index contributed by atoms with van der Waals surface area (Å²) < 4.78 is 0. The van der Waals surface area contributed by atoms with Crippen molar-refractivity contribution < 1.29 is 9.90 Å². The van der Waals surface area contributed by atoms with E-state index in [4.69, 9.17) is 5.73 Å². The van der Waals surface area contributed by atoms with Gasteiger partial charge in [-0.1, -0.05) is 30.3 Å². The van der Waals surface area contributed by atoms with Gasteiger partial charge >= 0.3 is 6.09 Å². The number of nitrogens with zero attached hydrogens (tertiary/aromatic N) is 2. The first-order valence-electron chi connectivity index (χ1n) is 8.18. The predicted octanol–water partition coefficient (Wildman–Crippen LogP) is 3.37. The summed E-state index contributed by atoms with van der Waals surface area (Å²) in [6.07, 6.45) is 0.113. The summed E-state index contributed by atoms with van der Waals surface area (Å²) >= 11 is 0. The average molecular weight is 325 g/mol. The third-order valence-corrected chi connectivity index (χ3v) is 4.55. The number of amides is 1. The van der Waals surface area contributed by atoms with Crippen LogP contribution < -0.4 is 10.6 Å². The lowest BCUT2D eigenvalue weighted by Crippen LogP contribution is -2.35. The molecule has 0 spiro atoms. The Kier molecular flexibility index (Phi) is 4.71. The van der Waals surface area contributed by atoms with Crippen LogP contribution >= 0.6 is 0 Å². The van der Waals surface area contributed by atoms with Crippen LogP contribution in [0.1, 0.15) is 6.42 Å². The van der Waals surface area contributed by atoms with Gasteiger partial charge in [0.25, 0.3) is 0 Å². The van der Waals surface area contributed by atoms with E-state index in [0.717, 1.165) is 30.6 Å². The van der Waals surface area contributed by atoms with Crippen LogP contribution in [0.2, 0.25) is 0 Å². The maximum atomic E-state index is 11.9. The van der Waals surface area contributed by atoms with Crippen molar-refractivity contribution in [3.05, 3.63) is 48.5 Å². The number of anilines is 2. The molecule has 0 aliphatic carbocycles. The van der Waals surface area contributed by atoms with Gasteiger partial charge in [0.05, 0.1) is 5.69 Å². The number of rotatable bonds is 4. The fourth-order valence-electron chi connectivity index (χ4n) is 3.37. The van der Waals surface area contributed by atoms with Crippen molar-refractivity contribution in [3.8, 4) is 11.1 Å². The van der Waals surface area contributed by atoms with E-state index in [1.54, 1.807) is 0 Å². The smallest absolute Gasteiger partial charge is 0.411 e. The van der Waals surface area contributed by atoms with Gasteiger partial charge in [-0.2, -0.15) is 0 Å². The third-order valence-electron chi connectivity index (χ3n) is 4.55. The lowest BCUT2D eigenvalue weighted by atomic mass is 10.0. The summed E-state index contributed by atoms with van der Waals surface area (Å²) in [6, 6.07) is 15.2. The third kappa shape index (κ3) is 3.51. The second-order valence-corrected chi connectivity index (χ2v) is 6.45. The van der Waals surface area contributed by atoms with E-state index in [1.165, 1.54) is 4.90 Å². The van der Waals surface area contributed by atoms with Crippen molar-refractivity contribution in [3.63, 3.8) is 0 Å². The first-order valence-corrected chi connectivity index (χ1v) is 8.18. The molecule has 0 bridgehead atoms. The number of para-hydroxylation sites is 1. The van der Waals surface area contributed by atoms with Gasteiger partial charge in [0.15, 0.2) is 0 Å². The zero-order valence-electron chi connectivity index (χ0n) is 13.9. The van der Waals surface area contributed by atoms with Crippen LogP contribution in [0, 0.1) is 5.92 Å². The zero-order chi connectivity index (χ0) is 17.1. The van der Waals surface area contributed by atoms with E-state index >= 15 is 0 Å². The van der Waals surface area contributed by atoms with E-state index in [2.05, 4.69) is 11.9 Å². The summed E-state index contributed by atoms with van der Waals surface area (Å²) in [7, 11) is 2.08. The Morgan fingerprint density at radius 1 is 1.29 bits per heavy atom. The normalized spacial score (nSPS) is 17.8. The molecular formula is C19H23N3O2. The second kappa shape index (κ2) is 6.93. The summed E-state index contributed by atoms with van der Waals surface area (Å²) in [4.78, 5) is 15.6. The van der Waals surface area contributed by atoms with E-state index in [-0.39, 0.29) is 0 Å². The molecule has 1 heterocycles. The first kappa shape index (κ1) is 16.3. The van der Waals surface area contributed by atoms with Gasteiger partial charge in [0, 0.05) is 24.3 Å². The molecule has 1 fully saturated rings. The number of nitrogen functional groups attached to an aromatic ring is 1. The molecule has 0 aromatic heterocycles.